The van der Waals surface area contributed by atoms with Gasteiger partial charge in [0.2, 0.25) is 11.9 Å². The standard InChI is InChI=1S/C11H25N5O2/c1-5-16(3)10(17)9(2)14-11(15-12)13-7-6-8-18-4/h9H,5-8,12H2,1-4H3,(H2,13,14,15). The van der Waals surface area contributed by atoms with Crippen molar-refractivity contribution in [2.75, 3.05) is 33.9 Å². The lowest BCUT2D eigenvalue weighted by Gasteiger charge is -2.21. The second-order valence-corrected chi connectivity index (χ2v) is 3.94. The zero-order valence-electron chi connectivity index (χ0n) is 11.7. The predicted octanol–water partition coefficient (Wildman–Crippen LogP) is -0.701. The molecule has 1 amide bonds. The number of carbonyl (C=O) groups is 1. The van der Waals surface area contributed by atoms with E-state index in [-0.39, 0.29) is 11.9 Å². The molecule has 7 heteroatoms. The largest absolute Gasteiger partial charge is 0.385 e. The minimum absolute atomic E-state index is 0.00246. The number of hydrogen-bond donors (Lipinski definition) is 3. The molecule has 4 N–H and O–H groups in total. The van der Waals surface area contributed by atoms with E-state index in [1.807, 2.05) is 6.92 Å². The highest BCUT2D eigenvalue weighted by Crippen LogP contribution is 1.91. The molecule has 0 aliphatic rings. The average Bonchev–Trinajstić information content (AvgIpc) is 2.40. The number of guanidine groups is 1. The van der Waals surface area contributed by atoms with Gasteiger partial charge in [0.15, 0.2) is 0 Å². The summed E-state index contributed by atoms with van der Waals surface area (Å²) in [5.74, 6) is 5.76. The topological polar surface area (TPSA) is 92.0 Å². The molecule has 18 heavy (non-hydrogen) atoms. The van der Waals surface area contributed by atoms with Gasteiger partial charge in [0.05, 0.1) is 0 Å². The Labute approximate surface area is 109 Å². The van der Waals surface area contributed by atoms with Gasteiger partial charge in [0.25, 0.3) is 0 Å². The zero-order valence-corrected chi connectivity index (χ0v) is 11.7. The molecule has 0 saturated carbocycles. The first kappa shape index (κ1) is 16.7. The molecule has 0 heterocycles. The molecule has 0 aromatic carbocycles. The first-order valence-corrected chi connectivity index (χ1v) is 6.08. The number of aliphatic imine (C=N–C) groups is 1. The lowest BCUT2D eigenvalue weighted by molar-refractivity contribution is -0.131. The first-order chi connectivity index (χ1) is 8.56. The van der Waals surface area contributed by atoms with Crippen LogP contribution in [0.3, 0.4) is 0 Å². The van der Waals surface area contributed by atoms with Crippen molar-refractivity contribution in [2.45, 2.75) is 26.3 Å². The summed E-state index contributed by atoms with van der Waals surface area (Å²) in [4.78, 5) is 17.7. The summed E-state index contributed by atoms with van der Waals surface area (Å²) < 4.78 is 4.92. The molecule has 0 saturated heterocycles. The molecule has 0 fully saturated rings. The van der Waals surface area contributed by atoms with Crippen LogP contribution in [0.2, 0.25) is 0 Å². The van der Waals surface area contributed by atoms with Gasteiger partial charge in [-0.2, -0.15) is 0 Å². The number of nitrogens with zero attached hydrogens (tertiary/aromatic N) is 2. The van der Waals surface area contributed by atoms with Crippen LogP contribution in [0.15, 0.2) is 4.99 Å². The smallest absolute Gasteiger partial charge is 0.244 e. The molecule has 0 aromatic rings. The van der Waals surface area contributed by atoms with E-state index in [2.05, 4.69) is 15.7 Å². The lowest BCUT2D eigenvalue weighted by Crippen LogP contribution is -2.51. The highest BCUT2D eigenvalue weighted by Gasteiger charge is 2.16. The Morgan fingerprint density at radius 1 is 1.56 bits per heavy atom. The highest BCUT2D eigenvalue weighted by atomic mass is 16.5. The van der Waals surface area contributed by atoms with Gasteiger partial charge in [-0.3, -0.25) is 15.2 Å². The molecule has 0 bridgehead atoms. The number of rotatable bonds is 7. The van der Waals surface area contributed by atoms with E-state index in [0.717, 1.165) is 6.42 Å². The monoisotopic (exact) mass is 259 g/mol. The van der Waals surface area contributed by atoms with Crippen molar-refractivity contribution in [1.82, 2.24) is 15.6 Å². The number of amides is 1. The van der Waals surface area contributed by atoms with E-state index >= 15 is 0 Å². The van der Waals surface area contributed by atoms with Gasteiger partial charge in [-0.05, 0) is 20.3 Å². The molecule has 0 rings (SSSR count). The van der Waals surface area contributed by atoms with Crippen LogP contribution in [-0.4, -0.2) is 56.7 Å². The van der Waals surface area contributed by atoms with Gasteiger partial charge in [-0.1, -0.05) is 0 Å². The van der Waals surface area contributed by atoms with Gasteiger partial charge in [0, 0.05) is 33.9 Å². The molecule has 0 aliphatic heterocycles. The number of nitrogens with two attached hydrogens (primary N) is 1. The quantitative estimate of drug-likeness (QED) is 0.185. The van der Waals surface area contributed by atoms with E-state index in [1.54, 1.807) is 26.0 Å². The fourth-order valence-electron chi connectivity index (χ4n) is 1.29. The lowest BCUT2D eigenvalue weighted by atomic mass is 10.3. The van der Waals surface area contributed by atoms with Crippen LogP contribution >= 0.6 is 0 Å². The number of carbonyl (C=O) groups excluding carboxylic acids is 1. The molecule has 0 aromatic heterocycles. The number of hydrogen-bond acceptors (Lipinski definition) is 4. The minimum Gasteiger partial charge on any atom is -0.385 e. The number of ether oxygens (including phenoxy) is 1. The Morgan fingerprint density at radius 3 is 2.72 bits per heavy atom. The minimum atomic E-state index is -0.368. The van der Waals surface area contributed by atoms with Crippen LogP contribution in [0.25, 0.3) is 0 Å². The Kier molecular flexibility index (Phi) is 8.95. The van der Waals surface area contributed by atoms with Crippen LogP contribution < -0.4 is 16.6 Å². The second kappa shape index (κ2) is 9.67. The predicted molar refractivity (Wildman–Crippen MR) is 72.0 cm³/mol. The van der Waals surface area contributed by atoms with Crippen LogP contribution in [0.5, 0.6) is 0 Å². The SMILES string of the molecule is CCN(C)C(=O)C(C)NC(=NCCCOC)NN. The van der Waals surface area contributed by atoms with Crippen molar-refractivity contribution in [2.24, 2.45) is 10.8 Å². The van der Waals surface area contributed by atoms with Gasteiger partial charge in [-0.15, -0.1) is 0 Å². The molecule has 1 unspecified atom stereocenters. The summed E-state index contributed by atoms with van der Waals surface area (Å²) in [6, 6.07) is -0.368. The molecule has 7 nitrogen and oxygen atoms in total. The number of methoxy groups -OCH3 is 1. The van der Waals surface area contributed by atoms with Crippen molar-refractivity contribution in [3.8, 4) is 0 Å². The maximum absolute atomic E-state index is 11.8. The third kappa shape index (κ3) is 6.41. The van der Waals surface area contributed by atoms with E-state index in [0.29, 0.717) is 25.7 Å². The molecule has 0 radical (unpaired) electrons. The fraction of sp³-hybridized carbons (Fsp3) is 0.818. The Morgan fingerprint density at radius 2 is 2.22 bits per heavy atom. The van der Waals surface area contributed by atoms with Crippen molar-refractivity contribution >= 4 is 11.9 Å². The third-order valence-electron chi connectivity index (χ3n) is 2.49. The van der Waals surface area contributed by atoms with Crippen LogP contribution in [0, 0.1) is 0 Å². The normalized spacial score (nSPS) is 13.1. The number of likely N-dealkylation sites (N-methyl/N-ethyl adjacent to an activating group) is 1. The van der Waals surface area contributed by atoms with Crippen molar-refractivity contribution in [3.63, 3.8) is 0 Å². The molecule has 0 spiro atoms. The molecule has 106 valence electrons. The Balaban J connectivity index is 4.22. The van der Waals surface area contributed by atoms with E-state index in [4.69, 9.17) is 10.6 Å². The van der Waals surface area contributed by atoms with E-state index < -0.39 is 0 Å². The van der Waals surface area contributed by atoms with Gasteiger partial charge in [-0.25, -0.2) is 5.84 Å². The van der Waals surface area contributed by atoms with E-state index in [9.17, 15) is 4.79 Å². The van der Waals surface area contributed by atoms with Crippen LogP contribution in [0.4, 0.5) is 0 Å². The maximum atomic E-state index is 11.8. The summed E-state index contributed by atoms with van der Waals surface area (Å²) >= 11 is 0. The van der Waals surface area contributed by atoms with Crippen LogP contribution in [-0.2, 0) is 9.53 Å². The van der Waals surface area contributed by atoms with Crippen molar-refractivity contribution in [3.05, 3.63) is 0 Å². The first-order valence-electron chi connectivity index (χ1n) is 6.08. The van der Waals surface area contributed by atoms with Crippen molar-refractivity contribution in [1.29, 1.82) is 0 Å². The van der Waals surface area contributed by atoms with E-state index in [1.165, 1.54) is 0 Å². The number of hydrazine groups is 1. The second-order valence-electron chi connectivity index (χ2n) is 3.94. The zero-order chi connectivity index (χ0) is 14.0. The molecule has 0 aliphatic carbocycles. The number of nitrogens with one attached hydrogen (secondary N) is 2. The van der Waals surface area contributed by atoms with Gasteiger partial charge >= 0.3 is 0 Å². The summed E-state index contributed by atoms with van der Waals surface area (Å²) in [5, 5.41) is 2.94. The fourth-order valence-corrected chi connectivity index (χ4v) is 1.29. The summed E-state index contributed by atoms with van der Waals surface area (Å²) in [5.41, 5.74) is 2.45. The van der Waals surface area contributed by atoms with Gasteiger partial charge < -0.3 is 15.0 Å². The molecular weight excluding hydrogens is 234 g/mol. The third-order valence-corrected chi connectivity index (χ3v) is 2.49. The molecule has 1 atom stereocenters. The van der Waals surface area contributed by atoms with Gasteiger partial charge in [0.1, 0.15) is 6.04 Å². The Hall–Kier alpha value is -1.34. The molecular formula is C11H25N5O2. The van der Waals surface area contributed by atoms with Crippen molar-refractivity contribution < 1.29 is 9.53 Å². The van der Waals surface area contributed by atoms with Crippen LogP contribution in [0.1, 0.15) is 20.3 Å². The summed E-state index contributed by atoms with van der Waals surface area (Å²) in [6.45, 7) is 5.60. The highest BCUT2D eigenvalue weighted by molar-refractivity contribution is 5.88. The summed E-state index contributed by atoms with van der Waals surface area (Å²) in [6.07, 6.45) is 0.806. The summed E-state index contributed by atoms with van der Waals surface area (Å²) in [7, 11) is 3.40. The average molecular weight is 259 g/mol. The Bertz CT molecular complexity index is 270. The maximum Gasteiger partial charge on any atom is 0.244 e.